The van der Waals surface area contributed by atoms with Gasteiger partial charge < -0.3 is 25.3 Å². The molecule has 1 aliphatic rings. The first kappa shape index (κ1) is 21.8. The number of nitrogens with one attached hydrogen (secondary N) is 1. The number of nitrogens with two attached hydrogens (primary N) is 1. The predicted octanol–water partition coefficient (Wildman–Crippen LogP) is 3.24. The van der Waals surface area contributed by atoms with Crippen molar-refractivity contribution >= 4 is 49.3 Å². The zero-order valence-corrected chi connectivity index (χ0v) is 19.6. The second-order valence-corrected chi connectivity index (χ2v) is 9.43. The highest BCUT2D eigenvalue weighted by atomic mass is 16.5. The fourth-order valence-corrected chi connectivity index (χ4v) is 5.52. The van der Waals surface area contributed by atoms with Gasteiger partial charge in [0.1, 0.15) is 12.3 Å². The predicted molar refractivity (Wildman–Crippen MR) is 143 cm³/mol. The van der Waals surface area contributed by atoms with Crippen molar-refractivity contribution in [3.05, 3.63) is 82.3 Å². The van der Waals surface area contributed by atoms with Crippen LogP contribution >= 0.6 is 0 Å². The molecule has 0 radical (unpaired) electrons. The summed E-state index contributed by atoms with van der Waals surface area (Å²) in [5, 5.41) is 27.0. The van der Waals surface area contributed by atoms with Gasteiger partial charge >= 0.3 is 0 Å². The van der Waals surface area contributed by atoms with Crippen molar-refractivity contribution in [2.75, 3.05) is 12.3 Å². The van der Waals surface area contributed by atoms with E-state index in [-0.39, 0.29) is 19.0 Å². The number of aromatic nitrogens is 3. The Morgan fingerprint density at radius 2 is 1.70 bits per heavy atom. The molecule has 0 amide bonds. The minimum Gasteiger partial charge on any atom is -0.394 e. The zero-order valence-electron chi connectivity index (χ0n) is 19.6. The number of aromatic amines is 1. The average Bonchev–Trinajstić information content (AvgIpc) is 3.46. The van der Waals surface area contributed by atoms with Crippen molar-refractivity contribution in [3.8, 4) is 11.8 Å². The molecule has 0 unspecified atom stereocenters. The van der Waals surface area contributed by atoms with E-state index in [0.717, 1.165) is 16.3 Å². The SMILES string of the molecule is Nc1nc2c(c(C#Cc3ccc4ccc5cccc6ccc3c4c56)cn2[C@H]2C[C@H](O)[C@@H](CO)O2)c(=O)[nH]1. The summed E-state index contributed by atoms with van der Waals surface area (Å²) >= 11 is 0. The minimum atomic E-state index is -0.835. The van der Waals surface area contributed by atoms with Crippen LogP contribution in [0.4, 0.5) is 5.95 Å². The van der Waals surface area contributed by atoms with Gasteiger partial charge in [0.2, 0.25) is 5.95 Å². The Hall–Kier alpha value is -4.42. The summed E-state index contributed by atoms with van der Waals surface area (Å²) in [6, 6.07) is 18.8. The lowest BCUT2D eigenvalue weighted by Gasteiger charge is -2.14. The second-order valence-electron chi connectivity index (χ2n) is 9.43. The smallest absolute Gasteiger partial charge is 0.263 e. The van der Waals surface area contributed by atoms with Gasteiger partial charge in [0.15, 0.2) is 5.65 Å². The van der Waals surface area contributed by atoms with Gasteiger partial charge in [-0.15, -0.1) is 0 Å². The normalized spacial score (nSPS) is 19.8. The molecule has 182 valence electrons. The van der Waals surface area contributed by atoms with Crippen LogP contribution in [0.15, 0.2) is 65.6 Å². The minimum absolute atomic E-state index is 0.0274. The van der Waals surface area contributed by atoms with Crippen LogP contribution in [0, 0.1) is 11.8 Å². The molecule has 3 heterocycles. The Labute approximate surface area is 210 Å². The van der Waals surface area contributed by atoms with Crippen molar-refractivity contribution in [1.82, 2.24) is 14.5 Å². The van der Waals surface area contributed by atoms with Crippen molar-refractivity contribution < 1.29 is 14.9 Å². The van der Waals surface area contributed by atoms with Crippen LogP contribution < -0.4 is 11.3 Å². The summed E-state index contributed by atoms with van der Waals surface area (Å²) in [5.41, 5.74) is 7.07. The Bertz CT molecular complexity index is 1950. The molecular formula is C29H22N4O4. The number of hydrogen-bond donors (Lipinski definition) is 4. The summed E-state index contributed by atoms with van der Waals surface area (Å²) in [4.78, 5) is 19.8. The van der Waals surface area contributed by atoms with E-state index >= 15 is 0 Å². The quantitative estimate of drug-likeness (QED) is 0.218. The average molecular weight is 491 g/mol. The molecule has 3 atom stereocenters. The molecule has 8 heteroatoms. The lowest BCUT2D eigenvalue weighted by atomic mass is 9.92. The first-order chi connectivity index (χ1) is 18.0. The van der Waals surface area contributed by atoms with E-state index < -0.39 is 24.0 Å². The number of aliphatic hydroxyl groups excluding tert-OH is 2. The summed E-state index contributed by atoms with van der Waals surface area (Å²) < 4.78 is 7.48. The summed E-state index contributed by atoms with van der Waals surface area (Å²) in [6.07, 6.45) is -0.224. The van der Waals surface area contributed by atoms with E-state index in [2.05, 4.69) is 70.3 Å². The Morgan fingerprint density at radius 3 is 2.46 bits per heavy atom. The number of rotatable bonds is 2. The number of H-pyrrole nitrogens is 1. The maximum atomic E-state index is 12.9. The van der Waals surface area contributed by atoms with E-state index in [9.17, 15) is 15.0 Å². The molecule has 2 aromatic heterocycles. The molecule has 4 aromatic carbocycles. The van der Waals surface area contributed by atoms with Crippen molar-refractivity contribution in [2.24, 2.45) is 0 Å². The van der Waals surface area contributed by atoms with Crippen molar-refractivity contribution in [3.63, 3.8) is 0 Å². The maximum Gasteiger partial charge on any atom is 0.263 e. The molecule has 0 spiro atoms. The molecule has 0 aliphatic carbocycles. The van der Waals surface area contributed by atoms with Gasteiger partial charge in [-0.1, -0.05) is 60.4 Å². The van der Waals surface area contributed by atoms with Crippen LogP contribution in [0.1, 0.15) is 23.8 Å². The Balaban J connectivity index is 1.41. The van der Waals surface area contributed by atoms with Gasteiger partial charge in [0.05, 0.1) is 23.7 Å². The third-order valence-corrected chi connectivity index (χ3v) is 7.26. The number of benzene rings is 4. The Kier molecular flexibility index (Phi) is 4.75. The number of anilines is 1. The van der Waals surface area contributed by atoms with Gasteiger partial charge in [0, 0.05) is 18.2 Å². The molecule has 8 nitrogen and oxygen atoms in total. The molecule has 5 N–H and O–H groups in total. The van der Waals surface area contributed by atoms with Crippen LogP contribution in [-0.4, -0.2) is 43.6 Å². The highest BCUT2D eigenvalue weighted by Gasteiger charge is 2.35. The topological polar surface area (TPSA) is 126 Å². The van der Waals surface area contributed by atoms with E-state index in [4.69, 9.17) is 10.5 Å². The maximum absolute atomic E-state index is 12.9. The molecular weight excluding hydrogens is 468 g/mol. The summed E-state index contributed by atoms with van der Waals surface area (Å²) in [7, 11) is 0. The number of fused-ring (bicyclic) bond motifs is 1. The highest BCUT2D eigenvalue weighted by Crippen LogP contribution is 2.36. The molecule has 1 aliphatic heterocycles. The van der Waals surface area contributed by atoms with Crippen LogP contribution in [0.25, 0.3) is 43.4 Å². The molecule has 1 fully saturated rings. The van der Waals surface area contributed by atoms with Gasteiger partial charge in [-0.3, -0.25) is 9.78 Å². The number of nitrogens with zero attached hydrogens (tertiary/aromatic N) is 2. The van der Waals surface area contributed by atoms with Crippen molar-refractivity contribution in [1.29, 1.82) is 0 Å². The van der Waals surface area contributed by atoms with Gasteiger partial charge in [-0.2, -0.15) is 4.98 Å². The molecule has 37 heavy (non-hydrogen) atoms. The summed E-state index contributed by atoms with van der Waals surface area (Å²) in [6.45, 7) is -0.311. The monoisotopic (exact) mass is 490 g/mol. The number of ether oxygens (including phenoxy) is 1. The largest absolute Gasteiger partial charge is 0.394 e. The van der Waals surface area contributed by atoms with Crippen LogP contribution in [0.3, 0.4) is 0 Å². The highest BCUT2D eigenvalue weighted by molar-refractivity contribution is 6.23. The lowest BCUT2D eigenvalue weighted by molar-refractivity contribution is -0.0430. The number of hydrogen-bond acceptors (Lipinski definition) is 6. The fourth-order valence-electron chi connectivity index (χ4n) is 5.52. The first-order valence-corrected chi connectivity index (χ1v) is 12.0. The third kappa shape index (κ3) is 3.29. The molecule has 7 rings (SSSR count). The molecule has 0 bridgehead atoms. The van der Waals surface area contributed by atoms with E-state index in [0.29, 0.717) is 16.6 Å². The van der Waals surface area contributed by atoms with Gasteiger partial charge in [0.25, 0.3) is 5.56 Å². The third-order valence-electron chi connectivity index (χ3n) is 7.26. The van der Waals surface area contributed by atoms with Gasteiger partial charge in [-0.25, -0.2) is 0 Å². The fraction of sp³-hybridized carbons (Fsp3) is 0.172. The lowest BCUT2D eigenvalue weighted by Crippen LogP contribution is -2.24. The van der Waals surface area contributed by atoms with Crippen LogP contribution in [0.5, 0.6) is 0 Å². The number of nitrogen functional groups attached to an aromatic ring is 1. The molecule has 0 saturated carbocycles. The molecule has 6 aromatic rings. The van der Waals surface area contributed by atoms with Gasteiger partial charge in [-0.05, 0) is 38.4 Å². The Morgan fingerprint density at radius 1 is 1.00 bits per heavy atom. The van der Waals surface area contributed by atoms with Crippen molar-refractivity contribution in [2.45, 2.75) is 24.9 Å². The van der Waals surface area contributed by atoms with E-state index in [1.165, 1.54) is 21.5 Å². The first-order valence-electron chi connectivity index (χ1n) is 12.0. The van der Waals surface area contributed by atoms with E-state index in [1.807, 2.05) is 6.07 Å². The van der Waals surface area contributed by atoms with Crippen LogP contribution in [-0.2, 0) is 4.74 Å². The number of aliphatic hydroxyl groups is 2. The van der Waals surface area contributed by atoms with E-state index in [1.54, 1.807) is 10.8 Å². The standard InChI is InChI=1S/C29H22N4O4/c30-29-31-27-26(28(36)32-29)19(13-33(27)23-12-21(35)22(14-34)37-23)9-5-15-4-6-18-8-7-16-2-1-3-17-10-11-20(15)25(18)24(16)17/h1-4,6-8,10-11,13,21-23,34-35H,12,14H2,(H3,30,31,32,36)/t21-,22+,23+/m0/s1. The van der Waals surface area contributed by atoms with Crippen LogP contribution in [0.2, 0.25) is 0 Å². The second kappa shape index (κ2) is 8.05. The summed E-state index contributed by atoms with van der Waals surface area (Å²) in [5.74, 6) is 6.43. The zero-order chi connectivity index (χ0) is 25.3. The molecule has 1 saturated heterocycles.